The van der Waals surface area contributed by atoms with Crippen LogP contribution in [0.3, 0.4) is 0 Å². The average Bonchev–Trinajstić information content (AvgIpc) is 2.32. The maximum Gasteiger partial charge on any atom is 0.295 e. The molecule has 1 aromatic heterocycles. The summed E-state index contributed by atoms with van der Waals surface area (Å²) in [7, 11) is 0. The highest BCUT2D eigenvalue weighted by molar-refractivity contribution is 5.42. The normalized spacial score (nSPS) is 10.8. The van der Waals surface area contributed by atoms with Gasteiger partial charge < -0.3 is 10.1 Å². The summed E-state index contributed by atoms with van der Waals surface area (Å²) in [5, 5.41) is 16.8. The van der Waals surface area contributed by atoms with E-state index in [4.69, 9.17) is 0 Å². The predicted octanol–water partition coefficient (Wildman–Crippen LogP) is 1.89. The van der Waals surface area contributed by atoms with Gasteiger partial charge in [-0.05, 0) is 12.1 Å². The first-order valence-electron chi connectivity index (χ1n) is 4.51. The van der Waals surface area contributed by atoms with Crippen LogP contribution in [0.2, 0.25) is 0 Å². The van der Waals surface area contributed by atoms with Gasteiger partial charge in [0.2, 0.25) is 11.6 Å². The highest BCUT2D eigenvalue weighted by Gasteiger charge is 2.04. The minimum absolute atomic E-state index is 0.104. The number of aromatic nitrogens is 2. The van der Waals surface area contributed by atoms with E-state index < -0.39 is 11.3 Å². The van der Waals surface area contributed by atoms with E-state index >= 15 is 0 Å². The molecule has 0 atom stereocenters. The molecule has 0 saturated carbocycles. The molecule has 0 aliphatic carbocycles. The van der Waals surface area contributed by atoms with Gasteiger partial charge in [0, 0.05) is 0 Å². The Hall–Kier alpha value is -2.50. The van der Waals surface area contributed by atoms with Crippen molar-refractivity contribution in [2.24, 2.45) is 10.2 Å². The van der Waals surface area contributed by atoms with Crippen LogP contribution in [0.25, 0.3) is 0 Å². The molecule has 0 radical (unpaired) electrons. The van der Waals surface area contributed by atoms with Crippen molar-refractivity contribution in [3.05, 3.63) is 47.0 Å². The van der Waals surface area contributed by atoms with Crippen molar-refractivity contribution in [1.82, 2.24) is 9.97 Å². The molecule has 0 amide bonds. The maximum atomic E-state index is 11.0. The van der Waals surface area contributed by atoms with E-state index in [-0.39, 0.29) is 5.82 Å². The summed E-state index contributed by atoms with van der Waals surface area (Å²) in [4.78, 5) is 16.9. The Kier molecular flexibility index (Phi) is 2.73. The van der Waals surface area contributed by atoms with E-state index in [1.165, 1.54) is 0 Å². The number of aromatic hydroxyl groups is 1. The summed E-state index contributed by atoms with van der Waals surface area (Å²) < 4.78 is 0. The molecule has 6 heteroatoms. The van der Waals surface area contributed by atoms with Crippen molar-refractivity contribution < 1.29 is 5.11 Å². The van der Waals surface area contributed by atoms with E-state index in [0.29, 0.717) is 5.69 Å². The first kappa shape index (κ1) is 10.0. The van der Waals surface area contributed by atoms with Crippen LogP contribution in [0.4, 0.5) is 11.5 Å². The largest absolute Gasteiger partial charge is 0.500 e. The first-order chi connectivity index (χ1) is 7.77. The maximum absolute atomic E-state index is 11.0. The number of hydrogen-bond acceptors (Lipinski definition) is 5. The predicted molar refractivity (Wildman–Crippen MR) is 57.1 cm³/mol. The second-order valence-electron chi connectivity index (χ2n) is 2.94. The van der Waals surface area contributed by atoms with Crippen LogP contribution in [0.1, 0.15) is 0 Å². The van der Waals surface area contributed by atoms with Gasteiger partial charge in [-0.15, -0.1) is 10.2 Å². The Morgan fingerprint density at radius 2 is 1.94 bits per heavy atom. The molecule has 80 valence electrons. The number of rotatable bonds is 2. The third-order valence-corrected chi connectivity index (χ3v) is 1.83. The van der Waals surface area contributed by atoms with Crippen LogP contribution in [0, 0.1) is 0 Å². The number of nitrogens with zero attached hydrogens (tertiary/aromatic N) is 3. The van der Waals surface area contributed by atoms with E-state index in [0.717, 1.165) is 6.33 Å². The number of azo groups is 1. The molecule has 6 nitrogen and oxygen atoms in total. The molecule has 0 saturated heterocycles. The van der Waals surface area contributed by atoms with Crippen molar-refractivity contribution in [1.29, 1.82) is 0 Å². The van der Waals surface area contributed by atoms with Gasteiger partial charge in [0.25, 0.3) is 5.56 Å². The van der Waals surface area contributed by atoms with Gasteiger partial charge in [-0.3, -0.25) is 4.79 Å². The Morgan fingerprint density at radius 3 is 2.69 bits per heavy atom. The molecule has 2 N–H and O–H groups in total. The van der Waals surface area contributed by atoms with Crippen LogP contribution in [-0.2, 0) is 0 Å². The van der Waals surface area contributed by atoms with Gasteiger partial charge in [0.15, 0.2) is 0 Å². The fourth-order valence-electron chi connectivity index (χ4n) is 1.06. The van der Waals surface area contributed by atoms with Crippen molar-refractivity contribution in [2.45, 2.75) is 0 Å². The lowest BCUT2D eigenvalue weighted by Gasteiger charge is -1.94. The third kappa shape index (κ3) is 2.11. The average molecular weight is 216 g/mol. The van der Waals surface area contributed by atoms with Gasteiger partial charge in [0.05, 0.1) is 12.0 Å². The zero-order valence-corrected chi connectivity index (χ0v) is 8.16. The number of hydrogen-bond donors (Lipinski definition) is 2. The molecule has 2 rings (SSSR count). The lowest BCUT2D eigenvalue weighted by Crippen LogP contribution is -2.04. The zero-order valence-electron chi connectivity index (χ0n) is 8.16. The summed E-state index contributed by atoms with van der Waals surface area (Å²) in [6.07, 6.45) is 1.15. The number of benzene rings is 1. The number of H-pyrrole nitrogens is 1. The smallest absolute Gasteiger partial charge is 0.295 e. The minimum Gasteiger partial charge on any atom is -0.500 e. The second-order valence-corrected chi connectivity index (χ2v) is 2.94. The quantitative estimate of drug-likeness (QED) is 0.751. The molecule has 1 heterocycles. The number of nitrogens with one attached hydrogen (secondary N) is 1. The summed E-state index contributed by atoms with van der Waals surface area (Å²) in [5.41, 5.74) is -0.0269. The Morgan fingerprint density at radius 1 is 1.19 bits per heavy atom. The summed E-state index contributed by atoms with van der Waals surface area (Å²) in [6, 6.07) is 8.95. The molecule has 0 fully saturated rings. The van der Waals surface area contributed by atoms with Crippen LogP contribution >= 0.6 is 0 Å². The first-order valence-corrected chi connectivity index (χ1v) is 4.51. The Labute approximate surface area is 90.3 Å². The van der Waals surface area contributed by atoms with Crippen molar-refractivity contribution in [3.63, 3.8) is 0 Å². The van der Waals surface area contributed by atoms with E-state index in [2.05, 4.69) is 20.2 Å². The fourth-order valence-corrected chi connectivity index (χ4v) is 1.06. The van der Waals surface area contributed by atoms with Crippen molar-refractivity contribution in [2.75, 3.05) is 0 Å². The zero-order chi connectivity index (χ0) is 11.4. The molecular weight excluding hydrogens is 208 g/mol. The lowest BCUT2D eigenvalue weighted by molar-refractivity contribution is 0.464. The molecule has 1 aromatic carbocycles. The molecule has 0 spiro atoms. The van der Waals surface area contributed by atoms with E-state index in [1.54, 1.807) is 24.3 Å². The summed E-state index contributed by atoms with van der Waals surface area (Å²) in [6.45, 7) is 0. The highest BCUT2D eigenvalue weighted by atomic mass is 16.3. The van der Waals surface area contributed by atoms with E-state index in [9.17, 15) is 9.90 Å². The molecule has 2 aromatic rings. The van der Waals surface area contributed by atoms with E-state index in [1.807, 2.05) is 6.07 Å². The molecule has 16 heavy (non-hydrogen) atoms. The van der Waals surface area contributed by atoms with Gasteiger partial charge >= 0.3 is 0 Å². The van der Waals surface area contributed by atoms with Gasteiger partial charge in [-0.25, -0.2) is 4.98 Å². The van der Waals surface area contributed by atoms with Crippen LogP contribution in [0.5, 0.6) is 5.75 Å². The van der Waals surface area contributed by atoms with Crippen LogP contribution in [-0.4, -0.2) is 15.1 Å². The topological polar surface area (TPSA) is 90.7 Å². The molecule has 0 unspecified atom stereocenters. The van der Waals surface area contributed by atoms with Crippen LogP contribution in [0.15, 0.2) is 51.7 Å². The van der Waals surface area contributed by atoms with Gasteiger partial charge in [0.1, 0.15) is 0 Å². The van der Waals surface area contributed by atoms with Crippen LogP contribution < -0.4 is 5.56 Å². The number of aromatic amines is 1. The SMILES string of the molecule is O=c1[nH]cnc(N=Nc2ccccc2)c1O. The Bertz CT molecular complexity index is 563. The summed E-state index contributed by atoms with van der Waals surface area (Å²) >= 11 is 0. The third-order valence-electron chi connectivity index (χ3n) is 1.83. The van der Waals surface area contributed by atoms with Crippen molar-refractivity contribution >= 4 is 11.5 Å². The van der Waals surface area contributed by atoms with Crippen molar-refractivity contribution in [3.8, 4) is 5.75 Å². The molecular formula is C10H8N4O2. The molecule has 0 aliphatic heterocycles. The molecule has 0 bridgehead atoms. The highest BCUT2D eigenvalue weighted by Crippen LogP contribution is 2.20. The summed E-state index contributed by atoms with van der Waals surface area (Å²) in [5.74, 6) is -0.644. The standard InChI is InChI=1S/C10H8N4O2/c15-8-9(11-6-12-10(8)16)14-13-7-4-2-1-3-5-7/h1-6,15H,(H,11,12,16). The lowest BCUT2D eigenvalue weighted by atomic mass is 10.3. The fraction of sp³-hybridized carbons (Fsp3) is 0. The molecule has 0 aliphatic rings. The monoisotopic (exact) mass is 216 g/mol. The van der Waals surface area contributed by atoms with Gasteiger partial charge in [-0.1, -0.05) is 18.2 Å². The van der Waals surface area contributed by atoms with Gasteiger partial charge in [-0.2, -0.15) is 0 Å². The Balaban J connectivity index is 2.31. The minimum atomic E-state index is -0.642. The second kappa shape index (κ2) is 4.35.